The van der Waals surface area contributed by atoms with Crippen LogP contribution in [0.4, 0.5) is 0 Å². The van der Waals surface area contributed by atoms with Crippen molar-refractivity contribution in [2.45, 2.75) is 6.04 Å². The van der Waals surface area contributed by atoms with Crippen molar-refractivity contribution >= 4 is 23.2 Å². The molecule has 1 rings (SSSR count). The average Bonchev–Trinajstić information content (AvgIpc) is 2.08. The van der Waals surface area contributed by atoms with Gasteiger partial charge in [0.1, 0.15) is 6.04 Å². The van der Waals surface area contributed by atoms with Crippen LogP contribution in [-0.2, 0) is 0 Å². The minimum Gasteiger partial charge on any atom is -0.312 e. The molecule has 0 saturated heterocycles. The third-order valence-corrected chi connectivity index (χ3v) is 2.18. The predicted molar refractivity (Wildman–Crippen MR) is 49.0 cm³/mol. The van der Waals surface area contributed by atoms with Crippen molar-refractivity contribution in [3.63, 3.8) is 0 Å². The minimum absolute atomic E-state index is 0.417. The molecule has 0 aliphatic carbocycles. The maximum atomic E-state index is 8.50. The van der Waals surface area contributed by atoms with Gasteiger partial charge in [-0.3, -0.25) is 0 Å². The van der Waals surface area contributed by atoms with E-state index in [1.807, 2.05) is 6.07 Å². The minimum atomic E-state index is -0.639. The molecular formula is C8H6Cl2N2. The highest BCUT2D eigenvalue weighted by Crippen LogP contribution is 2.24. The van der Waals surface area contributed by atoms with Crippen LogP contribution in [0.1, 0.15) is 11.6 Å². The fourth-order valence-electron chi connectivity index (χ4n) is 0.780. The first kappa shape index (κ1) is 9.34. The van der Waals surface area contributed by atoms with Gasteiger partial charge in [0.2, 0.25) is 0 Å². The molecule has 1 unspecified atom stereocenters. The average molecular weight is 201 g/mol. The number of halogens is 2. The van der Waals surface area contributed by atoms with Gasteiger partial charge < -0.3 is 5.73 Å². The van der Waals surface area contributed by atoms with Crippen molar-refractivity contribution in [2.75, 3.05) is 0 Å². The van der Waals surface area contributed by atoms with Gasteiger partial charge in [-0.15, -0.1) is 0 Å². The zero-order valence-corrected chi connectivity index (χ0v) is 7.60. The molecule has 0 aromatic heterocycles. The summed E-state index contributed by atoms with van der Waals surface area (Å²) < 4.78 is 0. The molecule has 1 aromatic carbocycles. The smallest absolute Gasteiger partial charge is 0.118 e. The molecule has 0 radical (unpaired) electrons. The molecule has 1 atom stereocenters. The maximum Gasteiger partial charge on any atom is 0.118 e. The molecule has 0 bridgehead atoms. The summed E-state index contributed by atoms with van der Waals surface area (Å²) in [6.07, 6.45) is 0. The maximum absolute atomic E-state index is 8.50. The first-order chi connectivity index (χ1) is 5.65. The lowest BCUT2D eigenvalue weighted by Gasteiger charge is -2.03. The normalized spacial score (nSPS) is 12.2. The van der Waals surface area contributed by atoms with Crippen LogP contribution in [0.25, 0.3) is 0 Å². The highest BCUT2D eigenvalue weighted by Gasteiger charge is 2.05. The van der Waals surface area contributed by atoms with E-state index >= 15 is 0 Å². The van der Waals surface area contributed by atoms with E-state index in [-0.39, 0.29) is 0 Å². The second kappa shape index (κ2) is 3.77. The first-order valence-corrected chi connectivity index (χ1v) is 4.01. The topological polar surface area (TPSA) is 49.8 Å². The number of nitrogens with zero attached hydrogens (tertiary/aromatic N) is 1. The van der Waals surface area contributed by atoms with Gasteiger partial charge >= 0.3 is 0 Å². The number of rotatable bonds is 1. The Bertz CT molecular complexity index is 330. The molecule has 0 saturated carbocycles. The summed E-state index contributed by atoms with van der Waals surface area (Å²) in [7, 11) is 0. The van der Waals surface area contributed by atoms with Gasteiger partial charge in [-0.05, 0) is 17.7 Å². The number of hydrogen-bond acceptors (Lipinski definition) is 2. The third-order valence-electron chi connectivity index (χ3n) is 1.44. The van der Waals surface area contributed by atoms with Crippen LogP contribution in [0.5, 0.6) is 0 Å². The lowest BCUT2D eigenvalue weighted by molar-refractivity contribution is 0.926. The number of nitrogens with two attached hydrogens (primary N) is 1. The summed E-state index contributed by atoms with van der Waals surface area (Å²) in [5, 5.41) is 9.38. The van der Waals surface area contributed by atoms with E-state index in [9.17, 15) is 0 Å². The van der Waals surface area contributed by atoms with E-state index in [1.54, 1.807) is 18.2 Å². The molecule has 0 spiro atoms. The van der Waals surface area contributed by atoms with Crippen LogP contribution in [0.15, 0.2) is 18.2 Å². The van der Waals surface area contributed by atoms with Crippen molar-refractivity contribution in [1.82, 2.24) is 0 Å². The molecule has 0 fully saturated rings. The quantitative estimate of drug-likeness (QED) is 0.758. The summed E-state index contributed by atoms with van der Waals surface area (Å²) in [6.45, 7) is 0. The Morgan fingerprint density at radius 3 is 2.50 bits per heavy atom. The molecule has 0 aliphatic rings. The van der Waals surface area contributed by atoms with Crippen molar-refractivity contribution < 1.29 is 0 Å². The number of benzene rings is 1. The van der Waals surface area contributed by atoms with Gasteiger partial charge in [0.05, 0.1) is 16.1 Å². The van der Waals surface area contributed by atoms with Crippen molar-refractivity contribution in [3.8, 4) is 6.07 Å². The lowest BCUT2D eigenvalue weighted by Crippen LogP contribution is -2.06. The van der Waals surface area contributed by atoms with E-state index in [1.165, 1.54) is 0 Å². The van der Waals surface area contributed by atoms with Crippen molar-refractivity contribution in [1.29, 1.82) is 5.26 Å². The molecule has 1 aromatic rings. The summed E-state index contributed by atoms with van der Waals surface area (Å²) in [4.78, 5) is 0. The second-order valence-corrected chi connectivity index (χ2v) is 3.09. The van der Waals surface area contributed by atoms with Gasteiger partial charge in [-0.2, -0.15) is 5.26 Å². The molecule has 2 N–H and O–H groups in total. The van der Waals surface area contributed by atoms with Crippen LogP contribution in [0, 0.1) is 11.3 Å². The molecular weight excluding hydrogens is 195 g/mol. The SMILES string of the molecule is N#CC(N)c1ccc(Cl)c(Cl)c1. The molecule has 62 valence electrons. The zero-order chi connectivity index (χ0) is 9.14. The molecule has 0 aliphatic heterocycles. The Hall–Kier alpha value is -0.750. The summed E-state index contributed by atoms with van der Waals surface area (Å²) in [5.41, 5.74) is 6.12. The van der Waals surface area contributed by atoms with Gasteiger partial charge in [0.25, 0.3) is 0 Å². The highest BCUT2D eigenvalue weighted by atomic mass is 35.5. The standard InChI is InChI=1S/C8H6Cl2N2/c9-6-2-1-5(3-7(6)10)8(12)4-11/h1-3,8H,12H2. The Kier molecular flexibility index (Phi) is 2.93. The molecule has 4 heteroatoms. The van der Waals surface area contributed by atoms with E-state index in [2.05, 4.69) is 0 Å². The van der Waals surface area contributed by atoms with Gasteiger partial charge in [0, 0.05) is 0 Å². The first-order valence-electron chi connectivity index (χ1n) is 3.25. The number of nitriles is 1. The van der Waals surface area contributed by atoms with E-state index in [0.29, 0.717) is 15.6 Å². The van der Waals surface area contributed by atoms with E-state index in [4.69, 9.17) is 34.2 Å². The van der Waals surface area contributed by atoms with Gasteiger partial charge in [-0.25, -0.2) is 0 Å². The summed E-state index contributed by atoms with van der Waals surface area (Å²) in [5.74, 6) is 0. The lowest BCUT2D eigenvalue weighted by atomic mass is 10.1. The molecule has 12 heavy (non-hydrogen) atoms. The molecule has 0 amide bonds. The number of hydrogen-bond donors (Lipinski definition) is 1. The van der Waals surface area contributed by atoms with Gasteiger partial charge in [0.15, 0.2) is 0 Å². The third kappa shape index (κ3) is 1.89. The Balaban J connectivity index is 3.06. The second-order valence-electron chi connectivity index (χ2n) is 2.28. The van der Waals surface area contributed by atoms with Crippen LogP contribution in [0.3, 0.4) is 0 Å². The monoisotopic (exact) mass is 200 g/mol. The zero-order valence-electron chi connectivity index (χ0n) is 6.09. The van der Waals surface area contributed by atoms with Crippen LogP contribution in [0.2, 0.25) is 10.0 Å². The molecule has 2 nitrogen and oxygen atoms in total. The molecule has 0 heterocycles. The Morgan fingerprint density at radius 2 is 2.00 bits per heavy atom. The highest BCUT2D eigenvalue weighted by molar-refractivity contribution is 6.42. The summed E-state index contributed by atoms with van der Waals surface area (Å²) >= 11 is 11.4. The fourth-order valence-corrected chi connectivity index (χ4v) is 1.09. The van der Waals surface area contributed by atoms with Crippen LogP contribution < -0.4 is 5.73 Å². The largest absolute Gasteiger partial charge is 0.312 e. The van der Waals surface area contributed by atoms with Crippen LogP contribution in [-0.4, -0.2) is 0 Å². The Labute approximate surface area is 80.5 Å². The van der Waals surface area contributed by atoms with Crippen LogP contribution >= 0.6 is 23.2 Å². The van der Waals surface area contributed by atoms with Crippen molar-refractivity contribution in [2.24, 2.45) is 5.73 Å². The van der Waals surface area contributed by atoms with Crippen molar-refractivity contribution in [3.05, 3.63) is 33.8 Å². The van der Waals surface area contributed by atoms with Gasteiger partial charge in [-0.1, -0.05) is 29.3 Å². The Morgan fingerprint density at radius 1 is 1.33 bits per heavy atom. The fraction of sp³-hybridized carbons (Fsp3) is 0.125. The van der Waals surface area contributed by atoms with E-state index < -0.39 is 6.04 Å². The summed E-state index contributed by atoms with van der Waals surface area (Å²) in [6, 6.07) is 6.16. The predicted octanol–water partition coefficient (Wildman–Crippen LogP) is 2.52. The van der Waals surface area contributed by atoms with E-state index in [0.717, 1.165) is 0 Å².